The molecule has 0 radical (unpaired) electrons. The lowest BCUT2D eigenvalue weighted by Crippen LogP contribution is -2.54. The van der Waals surface area contributed by atoms with E-state index in [0.29, 0.717) is 44.6 Å². The summed E-state index contributed by atoms with van der Waals surface area (Å²) in [5, 5.41) is 9.06. The molecule has 1 aromatic rings. The molecule has 3 rings (SSSR count). The Morgan fingerprint density at radius 3 is 1.96 bits per heavy atom. The topological polar surface area (TPSA) is 77.9 Å². The molecule has 1 N–H and O–H groups in total. The van der Waals surface area contributed by atoms with Crippen molar-refractivity contribution in [2.45, 2.75) is 12.8 Å². The minimum Gasteiger partial charge on any atom is -0.481 e. The molecule has 2 aliphatic rings. The summed E-state index contributed by atoms with van der Waals surface area (Å²) in [7, 11) is 0. The highest BCUT2D eigenvalue weighted by Gasteiger charge is 2.43. The number of nitrogens with zero attached hydrogens (tertiary/aromatic N) is 2. The van der Waals surface area contributed by atoms with E-state index in [0.717, 1.165) is 0 Å². The van der Waals surface area contributed by atoms with Gasteiger partial charge in [-0.25, -0.2) is 4.39 Å². The lowest BCUT2D eigenvalue weighted by molar-refractivity contribution is -0.157. The molecule has 7 heteroatoms. The van der Waals surface area contributed by atoms with Crippen LogP contribution in [-0.4, -0.2) is 58.9 Å². The number of carboxylic acid groups (broad SMARTS) is 1. The Labute approximate surface area is 138 Å². The highest BCUT2D eigenvalue weighted by molar-refractivity contribution is 5.94. The number of rotatable bonds is 3. The van der Waals surface area contributed by atoms with E-state index in [1.807, 2.05) is 0 Å². The van der Waals surface area contributed by atoms with Crippen molar-refractivity contribution < 1.29 is 23.9 Å². The molecule has 2 fully saturated rings. The summed E-state index contributed by atoms with van der Waals surface area (Å²) in [5.74, 6) is -2.62. The second-order valence-electron chi connectivity index (χ2n) is 6.25. The average Bonchev–Trinajstić information content (AvgIpc) is 2.53. The van der Waals surface area contributed by atoms with Gasteiger partial charge in [-0.3, -0.25) is 14.4 Å². The number of hydrogen-bond acceptors (Lipinski definition) is 3. The van der Waals surface area contributed by atoms with Gasteiger partial charge in [0.15, 0.2) is 0 Å². The molecule has 1 heterocycles. The number of piperazine rings is 1. The molecule has 1 aromatic carbocycles. The number of carbonyl (C=O) groups excluding carboxylic acids is 2. The highest BCUT2D eigenvalue weighted by Crippen LogP contribution is 2.36. The molecular formula is C17H19FN2O4. The third-order valence-corrected chi connectivity index (χ3v) is 4.88. The van der Waals surface area contributed by atoms with Crippen LogP contribution in [0.2, 0.25) is 0 Å². The summed E-state index contributed by atoms with van der Waals surface area (Å²) in [6, 6.07) is 5.38. The Morgan fingerprint density at radius 1 is 0.917 bits per heavy atom. The molecular weight excluding hydrogens is 315 g/mol. The van der Waals surface area contributed by atoms with E-state index in [4.69, 9.17) is 5.11 Å². The Balaban J connectivity index is 1.56. The fraction of sp³-hybridized carbons (Fsp3) is 0.471. The van der Waals surface area contributed by atoms with Crippen LogP contribution in [0, 0.1) is 17.7 Å². The quantitative estimate of drug-likeness (QED) is 0.902. The number of halogens is 1. The van der Waals surface area contributed by atoms with Gasteiger partial charge in [0, 0.05) is 31.7 Å². The second-order valence-corrected chi connectivity index (χ2v) is 6.25. The van der Waals surface area contributed by atoms with Crippen molar-refractivity contribution in [3.8, 4) is 0 Å². The van der Waals surface area contributed by atoms with E-state index in [-0.39, 0.29) is 11.8 Å². The first-order valence-electron chi connectivity index (χ1n) is 8.04. The highest BCUT2D eigenvalue weighted by atomic mass is 19.1. The number of hydrogen-bond donors (Lipinski definition) is 1. The molecule has 0 bridgehead atoms. The van der Waals surface area contributed by atoms with Crippen molar-refractivity contribution >= 4 is 17.8 Å². The molecule has 1 saturated carbocycles. The van der Waals surface area contributed by atoms with Crippen LogP contribution in [0.4, 0.5) is 4.39 Å². The maximum Gasteiger partial charge on any atom is 0.307 e. The Bertz CT molecular complexity index is 653. The number of aliphatic carboxylic acids is 1. The average molecular weight is 334 g/mol. The van der Waals surface area contributed by atoms with Gasteiger partial charge in [-0.1, -0.05) is 0 Å². The lowest BCUT2D eigenvalue weighted by Gasteiger charge is -2.40. The summed E-state index contributed by atoms with van der Waals surface area (Å²) in [6.45, 7) is 1.59. The normalized spacial score (nSPS) is 23.5. The van der Waals surface area contributed by atoms with Crippen LogP contribution in [0.1, 0.15) is 23.2 Å². The zero-order chi connectivity index (χ0) is 17.3. The molecule has 1 aliphatic heterocycles. The third-order valence-electron chi connectivity index (χ3n) is 4.88. The molecule has 6 nitrogen and oxygen atoms in total. The number of carbonyl (C=O) groups is 3. The van der Waals surface area contributed by atoms with E-state index in [1.165, 1.54) is 24.3 Å². The van der Waals surface area contributed by atoms with E-state index in [2.05, 4.69) is 0 Å². The van der Waals surface area contributed by atoms with Gasteiger partial charge >= 0.3 is 5.97 Å². The van der Waals surface area contributed by atoms with Crippen LogP contribution in [0.15, 0.2) is 24.3 Å². The molecule has 2 unspecified atom stereocenters. The van der Waals surface area contributed by atoms with Crippen LogP contribution in [0.3, 0.4) is 0 Å². The van der Waals surface area contributed by atoms with Gasteiger partial charge in [0.25, 0.3) is 5.91 Å². The van der Waals surface area contributed by atoms with Gasteiger partial charge in [-0.05, 0) is 37.1 Å². The smallest absolute Gasteiger partial charge is 0.307 e. The van der Waals surface area contributed by atoms with Crippen molar-refractivity contribution in [3.05, 3.63) is 35.6 Å². The largest absolute Gasteiger partial charge is 0.481 e. The van der Waals surface area contributed by atoms with Crippen molar-refractivity contribution in [2.24, 2.45) is 11.8 Å². The molecule has 2 atom stereocenters. The predicted molar refractivity (Wildman–Crippen MR) is 82.7 cm³/mol. The van der Waals surface area contributed by atoms with E-state index in [9.17, 15) is 18.8 Å². The van der Waals surface area contributed by atoms with Gasteiger partial charge in [0.1, 0.15) is 5.82 Å². The minimum absolute atomic E-state index is 0.123. The maximum absolute atomic E-state index is 12.9. The maximum atomic E-state index is 12.9. The number of carboxylic acids is 1. The molecule has 1 aliphatic carbocycles. The first-order valence-corrected chi connectivity index (χ1v) is 8.04. The molecule has 128 valence electrons. The molecule has 2 amide bonds. The monoisotopic (exact) mass is 334 g/mol. The standard InChI is InChI=1S/C17H19FN2O4/c18-12-3-1-11(2-4-12)15(21)19-7-9-20(10-8-19)16(22)13-5-6-14(13)17(23)24/h1-4,13-14H,5-10H2,(H,23,24). The van der Waals surface area contributed by atoms with Gasteiger partial charge in [-0.15, -0.1) is 0 Å². The molecule has 0 spiro atoms. The fourth-order valence-electron chi connectivity index (χ4n) is 3.23. The summed E-state index contributed by atoms with van der Waals surface area (Å²) in [6.07, 6.45) is 1.17. The summed E-state index contributed by atoms with van der Waals surface area (Å²) >= 11 is 0. The van der Waals surface area contributed by atoms with Crippen LogP contribution in [-0.2, 0) is 9.59 Å². The first-order chi connectivity index (χ1) is 11.5. The first kappa shape index (κ1) is 16.4. The van der Waals surface area contributed by atoms with Gasteiger partial charge in [0.05, 0.1) is 11.8 Å². The second kappa shape index (κ2) is 6.59. The van der Waals surface area contributed by atoms with Gasteiger partial charge < -0.3 is 14.9 Å². The summed E-state index contributed by atoms with van der Waals surface area (Å²) in [4.78, 5) is 39.1. The number of amides is 2. The SMILES string of the molecule is O=C(O)C1CCC1C(=O)N1CCN(C(=O)c2ccc(F)cc2)CC1. The van der Waals surface area contributed by atoms with Crippen LogP contribution >= 0.6 is 0 Å². The van der Waals surface area contributed by atoms with Gasteiger partial charge in [0.2, 0.25) is 5.91 Å². The Morgan fingerprint density at radius 2 is 1.46 bits per heavy atom. The summed E-state index contributed by atoms with van der Waals surface area (Å²) in [5.41, 5.74) is 0.418. The minimum atomic E-state index is -0.912. The Kier molecular flexibility index (Phi) is 4.51. The zero-order valence-corrected chi connectivity index (χ0v) is 13.2. The zero-order valence-electron chi connectivity index (χ0n) is 13.2. The van der Waals surface area contributed by atoms with Crippen molar-refractivity contribution in [3.63, 3.8) is 0 Å². The van der Waals surface area contributed by atoms with E-state index >= 15 is 0 Å². The van der Waals surface area contributed by atoms with Gasteiger partial charge in [-0.2, -0.15) is 0 Å². The van der Waals surface area contributed by atoms with Crippen LogP contribution in [0.5, 0.6) is 0 Å². The lowest BCUT2D eigenvalue weighted by atomic mass is 9.73. The number of benzene rings is 1. The van der Waals surface area contributed by atoms with E-state index in [1.54, 1.807) is 9.80 Å². The summed E-state index contributed by atoms with van der Waals surface area (Å²) < 4.78 is 12.9. The van der Waals surface area contributed by atoms with Crippen LogP contribution < -0.4 is 0 Å². The fourth-order valence-corrected chi connectivity index (χ4v) is 3.23. The van der Waals surface area contributed by atoms with Crippen LogP contribution in [0.25, 0.3) is 0 Å². The Hall–Kier alpha value is -2.44. The van der Waals surface area contributed by atoms with Crippen molar-refractivity contribution in [1.82, 2.24) is 9.80 Å². The predicted octanol–water partition coefficient (Wildman–Crippen LogP) is 1.22. The third kappa shape index (κ3) is 3.11. The molecule has 1 saturated heterocycles. The van der Waals surface area contributed by atoms with Crippen molar-refractivity contribution in [1.29, 1.82) is 0 Å². The molecule has 0 aromatic heterocycles. The van der Waals surface area contributed by atoms with E-state index < -0.39 is 23.6 Å². The molecule has 24 heavy (non-hydrogen) atoms. The van der Waals surface area contributed by atoms with Crippen molar-refractivity contribution in [2.75, 3.05) is 26.2 Å².